The molecule has 0 aliphatic carbocycles. The smallest absolute Gasteiger partial charge is 0.203 e. The minimum Gasteiger partial charge on any atom is -0.493 e. The van der Waals surface area contributed by atoms with Crippen LogP contribution in [-0.2, 0) is 11.3 Å². The lowest BCUT2D eigenvalue weighted by molar-refractivity contribution is 0.0645. The lowest BCUT2D eigenvalue weighted by Crippen LogP contribution is -2.44. The number of aliphatic hydroxyl groups is 1. The topological polar surface area (TPSA) is 63.6 Å². The van der Waals surface area contributed by atoms with E-state index in [9.17, 15) is 5.11 Å². The first-order valence-corrected chi connectivity index (χ1v) is 11.2. The van der Waals surface area contributed by atoms with Crippen molar-refractivity contribution in [2.45, 2.75) is 50.9 Å². The molecule has 1 saturated heterocycles. The van der Waals surface area contributed by atoms with Crippen LogP contribution in [0, 0.1) is 0 Å². The molecule has 0 spiro atoms. The van der Waals surface area contributed by atoms with Crippen LogP contribution < -0.4 is 14.2 Å². The number of likely N-dealkylation sites (N-methyl/N-ethyl adjacent to an activating group) is 1. The molecular formula is C23H38N2O5. The van der Waals surface area contributed by atoms with Crippen LogP contribution in [0.4, 0.5) is 0 Å². The molecule has 1 aromatic carbocycles. The Bertz CT molecular complexity index is 649. The zero-order valence-electron chi connectivity index (χ0n) is 18.8. The van der Waals surface area contributed by atoms with Gasteiger partial charge >= 0.3 is 0 Å². The number of hydrogen-bond acceptors (Lipinski definition) is 7. The molecule has 1 N–H and O–H groups in total. The van der Waals surface area contributed by atoms with Gasteiger partial charge in [-0.1, -0.05) is 0 Å². The largest absolute Gasteiger partial charge is 0.493 e. The first kappa shape index (κ1) is 23.1. The molecule has 1 atom stereocenters. The van der Waals surface area contributed by atoms with Gasteiger partial charge in [0.2, 0.25) is 5.75 Å². The van der Waals surface area contributed by atoms with Gasteiger partial charge in [0.15, 0.2) is 11.5 Å². The average Bonchev–Trinajstić information content (AvgIpc) is 2.77. The minimum absolute atomic E-state index is 0.285. The van der Waals surface area contributed by atoms with Gasteiger partial charge < -0.3 is 33.9 Å². The highest BCUT2D eigenvalue weighted by atomic mass is 16.5. The normalized spacial score (nSPS) is 27.4. The number of nitrogens with zero attached hydrogens (tertiary/aromatic N) is 2. The van der Waals surface area contributed by atoms with Gasteiger partial charge in [-0.25, -0.2) is 0 Å². The Labute approximate surface area is 180 Å². The number of rotatable bonds is 2. The van der Waals surface area contributed by atoms with E-state index in [-0.39, 0.29) is 6.10 Å². The monoisotopic (exact) mass is 422 g/mol. The van der Waals surface area contributed by atoms with Gasteiger partial charge in [-0.3, -0.25) is 0 Å². The maximum atomic E-state index is 10.4. The van der Waals surface area contributed by atoms with Gasteiger partial charge in [0.05, 0.1) is 40.1 Å². The summed E-state index contributed by atoms with van der Waals surface area (Å²) in [4.78, 5) is 4.90. The highest BCUT2D eigenvalue weighted by Gasteiger charge is 2.23. The predicted molar refractivity (Wildman–Crippen MR) is 117 cm³/mol. The van der Waals surface area contributed by atoms with Crippen LogP contribution in [0.2, 0.25) is 0 Å². The molecule has 4 rings (SSSR count). The van der Waals surface area contributed by atoms with E-state index in [1.807, 2.05) is 12.1 Å². The standard InChI is InChI=1S/C23H38N2O5/c1-24-12-14-29-17-18-15-21(27-2)23(28-3)22(16-18)30-13-4-5-20(26)8-11-25-9-6-19(24)7-10-25/h15-16,19-20,26H,4-14,17H2,1-3H3. The SMILES string of the molecule is COc1cc2cc(c1OC)OCCCC(O)CCN1CCC(CC1)N(C)CCOC2. The highest BCUT2D eigenvalue weighted by Crippen LogP contribution is 2.38. The van der Waals surface area contributed by atoms with Crippen molar-refractivity contribution in [3.05, 3.63) is 17.7 Å². The minimum atomic E-state index is -0.285. The quantitative estimate of drug-likeness (QED) is 0.786. The Kier molecular flexibility index (Phi) is 9.05. The van der Waals surface area contributed by atoms with E-state index in [0.29, 0.717) is 43.1 Å². The molecular weight excluding hydrogens is 384 g/mol. The Balaban J connectivity index is 1.69. The zero-order valence-corrected chi connectivity index (χ0v) is 18.8. The Hall–Kier alpha value is -1.54. The second-order valence-corrected chi connectivity index (χ2v) is 8.37. The number of methoxy groups -OCH3 is 2. The van der Waals surface area contributed by atoms with E-state index in [0.717, 1.165) is 51.0 Å². The molecule has 1 fully saturated rings. The Morgan fingerprint density at radius 1 is 0.967 bits per heavy atom. The van der Waals surface area contributed by atoms with Gasteiger partial charge in [-0.05, 0) is 69.9 Å². The van der Waals surface area contributed by atoms with Crippen LogP contribution >= 0.6 is 0 Å². The summed E-state index contributed by atoms with van der Waals surface area (Å²) in [5.74, 6) is 1.89. The first-order chi connectivity index (χ1) is 14.6. The fourth-order valence-corrected chi connectivity index (χ4v) is 4.32. The summed E-state index contributed by atoms with van der Waals surface area (Å²) < 4.78 is 23.0. The predicted octanol–water partition coefficient (Wildman–Crippen LogP) is 2.54. The van der Waals surface area contributed by atoms with Gasteiger partial charge in [-0.2, -0.15) is 0 Å². The van der Waals surface area contributed by atoms with Crippen molar-refractivity contribution in [2.24, 2.45) is 0 Å². The van der Waals surface area contributed by atoms with E-state index >= 15 is 0 Å². The Morgan fingerprint density at radius 2 is 1.73 bits per heavy atom. The maximum Gasteiger partial charge on any atom is 0.203 e. The lowest BCUT2D eigenvalue weighted by Gasteiger charge is -2.37. The van der Waals surface area contributed by atoms with E-state index in [2.05, 4.69) is 16.8 Å². The van der Waals surface area contributed by atoms with Crippen molar-refractivity contribution in [3.63, 3.8) is 0 Å². The van der Waals surface area contributed by atoms with Crippen molar-refractivity contribution in [2.75, 3.05) is 60.7 Å². The van der Waals surface area contributed by atoms with Crippen LogP contribution in [0.15, 0.2) is 12.1 Å². The number of aliphatic hydroxyl groups excluding tert-OH is 1. The van der Waals surface area contributed by atoms with Gasteiger partial charge in [0.25, 0.3) is 0 Å². The van der Waals surface area contributed by atoms with Crippen molar-refractivity contribution in [1.82, 2.24) is 9.80 Å². The molecule has 1 aromatic rings. The molecule has 0 amide bonds. The lowest BCUT2D eigenvalue weighted by atomic mass is 10.0. The molecule has 3 heterocycles. The van der Waals surface area contributed by atoms with Crippen molar-refractivity contribution >= 4 is 0 Å². The van der Waals surface area contributed by atoms with Gasteiger partial charge in [-0.15, -0.1) is 0 Å². The Morgan fingerprint density at radius 3 is 2.47 bits per heavy atom. The van der Waals surface area contributed by atoms with Crippen LogP contribution in [0.3, 0.4) is 0 Å². The van der Waals surface area contributed by atoms with Gasteiger partial charge in [0.1, 0.15) is 0 Å². The van der Waals surface area contributed by atoms with E-state index < -0.39 is 0 Å². The number of piperidine rings is 1. The third-order valence-corrected chi connectivity index (χ3v) is 6.26. The zero-order chi connectivity index (χ0) is 21.3. The van der Waals surface area contributed by atoms with Crippen LogP contribution in [-0.4, -0.2) is 87.7 Å². The number of fused-ring (bicyclic) bond motifs is 12. The van der Waals surface area contributed by atoms with E-state index in [4.69, 9.17) is 18.9 Å². The van der Waals surface area contributed by atoms with Crippen LogP contribution in [0.5, 0.6) is 17.2 Å². The second kappa shape index (κ2) is 11.7. The number of ether oxygens (including phenoxy) is 4. The van der Waals surface area contributed by atoms with Crippen molar-refractivity contribution in [1.29, 1.82) is 0 Å². The summed E-state index contributed by atoms with van der Waals surface area (Å²) in [7, 11) is 5.44. The molecule has 7 nitrogen and oxygen atoms in total. The molecule has 0 saturated carbocycles. The second-order valence-electron chi connectivity index (χ2n) is 8.37. The first-order valence-electron chi connectivity index (χ1n) is 11.2. The summed E-state index contributed by atoms with van der Waals surface area (Å²) in [5.41, 5.74) is 0.997. The summed E-state index contributed by atoms with van der Waals surface area (Å²) in [6, 6.07) is 4.51. The fourth-order valence-electron chi connectivity index (χ4n) is 4.32. The summed E-state index contributed by atoms with van der Waals surface area (Å²) in [6.45, 7) is 5.81. The summed E-state index contributed by atoms with van der Waals surface area (Å²) >= 11 is 0. The molecule has 0 aromatic heterocycles. The summed E-state index contributed by atoms with van der Waals surface area (Å²) in [6.07, 6.45) is 4.42. The van der Waals surface area contributed by atoms with Crippen molar-refractivity contribution < 1.29 is 24.1 Å². The van der Waals surface area contributed by atoms with Crippen LogP contribution in [0.25, 0.3) is 0 Å². The molecule has 170 valence electrons. The third kappa shape index (κ3) is 6.48. The number of benzene rings is 1. The van der Waals surface area contributed by atoms with Crippen molar-refractivity contribution in [3.8, 4) is 17.2 Å². The molecule has 1 unspecified atom stereocenters. The highest BCUT2D eigenvalue weighted by molar-refractivity contribution is 5.53. The van der Waals surface area contributed by atoms with Crippen LogP contribution in [0.1, 0.15) is 37.7 Å². The maximum absolute atomic E-state index is 10.4. The number of hydrogen-bond donors (Lipinski definition) is 1. The summed E-state index contributed by atoms with van der Waals surface area (Å²) in [5, 5.41) is 10.4. The molecule has 3 aliphatic rings. The molecule has 7 heteroatoms. The molecule has 30 heavy (non-hydrogen) atoms. The van der Waals surface area contributed by atoms with E-state index in [1.54, 1.807) is 14.2 Å². The molecule has 0 radical (unpaired) electrons. The van der Waals surface area contributed by atoms with E-state index in [1.165, 1.54) is 12.8 Å². The average molecular weight is 423 g/mol. The fraction of sp³-hybridized carbons (Fsp3) is 0.739. The van der Waals surface area contributed by atoms with Gasteiger partial charge in [0, 0.05) is 19.1 Å². The molecule has 3 aliphatic heterocycles. The third-order valence-electron chi connectivity index (χ3n) is 6.26. The molecule has 4 bridgehead atoms.